The lowest BCUT2D eigenvalue weighted by molar-refractivity contribution is 0.594. The molecule has 0 atom stereocenters. The van der Waals surface area contributed by atoms with E-state index in [1.54, 1.807) is 0 Å². The van der Waals surface area contributed by atoms with Crippen LogP contribution >= 0.6 is 0 Å². The van der Waals surface area contributed by atoms with Crippen LogP contribution in [0.1, 0.15) is 45.4 Å². The van der Waals surface area contributed by atoms with Crippen LogP contribution in [0.4, 0.5) is 6.01 Å². The lowest BCUT2D eigenvalue weighted by Gasteiger charge is -2.01. The molecule has 0 saturated heterocycles. The summed E-state index contributed by atoms with van der Waals surface area (Å²) in [6, 6.07) is 8.49. The second-order valence-electron chi connectivity index (χ2n) is 4.68. The molecule has 98 valence electrons. The third kappa shape index (κ3) is 3.76. The number of unbranched alkanes of at least 4 members (excludes halogenated alkanes) is 5. The van der Waals surface area contributed by atoms with Gasteiger partial charge in [0.15, 0.2) is 5.58 Å². The minimum atomic E-state index is 0.643. The maximum atomic E-state index is 5.59. The summed E-state index contributed by atoms with van der Waals surface area (Å²) in [4.78, 5) is 4.38. The van der Waals surface area contributed by atoms with Gasteiger partial charge in [-0.15, -0.1) is 0 Å². The maximum absolute atomic E-state index is 5.59. The van der Waals surface area contributed by atoms with E-state index >= 15 is 0 Å². The first-order valence-electron chi connectivity index (χ1n) is 6.99. The molecule has 0 amide bonds. The Morgan fingerprint density at radius 2 is 1.83 bits per heavy atom. The molecule has 0 radical (unpaired) electrons. The van der Waals surface area contributed by atoms with Crippen LogP contribution in [-0.4, -0.2) is 11.5 Å². The molecule has 0 bridgehead atoms. The van der Waals surface area contributed by atoms with E-state index in [9.17, 15) is 0 Å². The first-order valence-corrected chi connectivity index (χ1v) is 6.99. The number of hydrogen-bond acceptors (Lipinski definition) is 3. The number of benzene rings is 1. The van der Waals surface area contributed by atoms with E-state index in [0.29, 0.717) is 6.01 Å². The molecular formula is C15H22N2O. The van der Waals surface area contributed by atoms with E-state index in [4.69, 9.17) is 4.42 Å². The van der Waals surface area contributed by atoms with Crippen molar-refractivity contribution >= 4 is 17.1 Å². The lowest BCUT2D eigenvalue weighted by Crippen LogP contribution is -2.01. The van der Waals surface area contributed by atoms with Gasteiger partial charge in [-0.2, -0.15) is 4.98 Å². The number of para-hydroxylation sites is 2. The van der Waals surface area contributed by atoms with Gasteiger partial charge in [-0.25, -0.2) is 0 Å². The van der Waals surface area contributed by atoms with Gasteiger partial charge in [0.05, 0.1) is 0 Å². The summed E-state index contributed by atoms with van der Waals surface area (Å²) in [5, 5.41) is 3.25. The molecule has 1 aromatic heterocycles. The average molecular weight is 246 g/mol. The molecule has 2 rings (SSSR count). The average Bonchev–Trinajstić information content (AvgIpc) is 2.80. The van der Waals surface area contributed by atoms with Crippen molar-refractivity contribution in [3.63, 3.8) is 0 Å². The molecule has 18 heavy (non-hydrogen) atoms. The predicted octanol–water partition coefficient (Wildman–Crippen LogP) is 4.60. The fourth-order valence-corrected chi connectivity index (χ4v) is 2.05. The Balaban J connectivity index is 1.67. The number of hydrogen-bond donors (Lipinski definition) is 1. The zero-order valence-corrected chi connectivity index (χ0v) is 11.1. The summed E-state index contributed by atoms with van der Waals surface area (Å²) in [6.07, 6.45) is 7.83. The molecule has 0 saturated carbocycles. The Hall–Kier alpha value is -1.51. The molecular weight excluding hydrogens is 224 g/mol. The van der Waals surface area contributed by atoms with E-state index in [0.717, 1.165) is 17.6 Å². The molecule has 0 unspecified atom stereocenters. The van der Waals surface area contributed by atoms with E-state index in [1.165, 1.54) is 38.5 Å². The van der Waals surface area contributed by atoms with Crippen molar-refractivity contribution in [2.45, 2.75) is 45.4 Å². The maximum Gasteiger partial charge on any atom is 0.295 e. The summed E-state index contributed by atoms with van der Waals surface area (Å²) in [5.74, 6) is 0. The Morgan fingerprint density at radius 3 is 2.67 bits per heavy atom. The molecule has 3 heteroatoms. The van der Waals surface area contributed by atoms with Crippen LogP contribution < -0.4 is 5.32 Å². The molecule has 0 aliphatic carbocycles. The van der Waals surface area contributed by atoms with Gasteiger partial charge in [0.1, 0.15) is 5.52 Å². The summed E-state index contributed by atoms with van der Waals surface area (Å²) < 4.78 is 5.59. The normalized spacial score (nSPS) is 10.9. The lowest BCUT2D eigenvalue weighted by atomic mass is 10.1. The van der Waals surface area contributed by atoms with Gasteiger partial charge in [-0.1, -0.05) is 51.2 Å². The smallest absolute Gasteiger partial charge is 0.295 e. The van der Waals surface area contributed by atoms with Crippen molar-refractivity contribution in [3.8, 4) is 0 Å². The van der Waals surface area contributed by atoms with Gasteiger partial charge in [0.25, 0.3) is 6.01 Å². The van der Waals surface area contributed by atoms with Crippen molar-refractivity contribution in [1.82, 2.24) is 4.98 Å². The van der Waals surface area contributed by atoms with Crippen molar-refractivity contribution in [2.24, 2.45) is 0 Å². The largest absolute Gasteiger partial charge is 0.424 e. The van der Waals surface area contributed by atoms with Gasteiger partial charge in [-0.05, 0) is 18.6 Å². The molecule has 2 aromatic rings. The van der Waals surface area contributed by atoms with E-state index in [1.807, 2.05) is 24.3 Å². The Labute approximate surface area is 109 Å². The zero-order valence-electron chi connectivity index (χ0n) is 11.1. The Bertz CT molecular complexity index is 431. The van der Waals surface area contributed by atoms with Crippen molar-refractivity contribution in [3.05, 3.63) is 24.3 Å². The quantitative estimate of drug-likeness (QED) is 0.692. The first kappa shape index (κ1) is 12.9. The van der Waals surface area contributed by atoms with Crippen LogP contribution in [0.25, 0.3) is 11.1 Å². The zero-order chi connectivity index (χ0) is 12.6. The predicted molar refractivity (Wildman–Crippen MR) is 75.9 cm³/mol. The van der Waals surface area contributed by atoms with Crippen LogP contribution in [0, 0.1) is 0 Å². The minimum Gasteiger partial charge on any atom is -0.424 e. The molecule has 0 aliphatic rings. The van der Waals surface area contributed by atoms with Crippen LogP contribution in [0.5, 0.6) is 0 Å². The van der Waals surface area contributed by atoms with E-state index in [-0.39, 0.29) is 0 Å². The summed E-state index contributed by atoms with van der Waals surface area (Å²) in [6.45, 7) is 3.19. The van der Waals surface area contributed by atoms with Gasteiger partial charge in [-0.3, -0.25) is 0 Å². The van der Waals surface area contributed by atoms with Crippen LogP contribution in [-0.2, 0) is 0 Å². The SMILES string of the molecule is CCCCCCCCNc1nc2ccccc2o1. The second kappa shape index (κ2) is 7.04. The van der Waals surface area contributed by atoms with E-state index in [2.05, 4.69) is 17.2 Å². The summed E-state index contributed by atoms with van der Waals surface area (Å²) in [5.41, 5.74) is 1.77. The third-order valence-electron chi connectivity index (χ3n) is 3.10. The second-order valence-corrected chi connectivity index (χ2v) is 4.68. The van der Waals surface area contributed by atoms with Crippen LogP contribution in [0.15, 0.2) is 28.7 Å². The van der Waals surface area contributed by atoms with E-state index < -0.39 is 0 Å². The first-order chi connectivity index (χ1) is 8.90. The topological polar surface area (TPSA) is 38.1 Å². The highest BCUT2D eigenvalue weighted by atomic mass is 16.4. The summed E-state index contributed by atoms with van der Waals surface area (Å²) in [7, 11) is 0. The summed E-state index contributed by atoms with van der Waals surface area (Å²) >= 11 is 0. The number of rotatable bonds is 8. The van der Waals surface area contributed by atoms with Gasteiger partial charge < -0.3 is 9.73 Å². The van der Waals surface area contributed by atoms with Crippen LogP contribution in [0.3, 0.4) is 0 Å². The minimum absolute atomic E-state index is 0.643. The van der Waals surface area contributed by atoms with Crippen molar-refractivity contribution in [1.29, 1.82) is 0 Å². The number of nitrogens with one attached hydrogen (secondary N) is 1. The number of oxazole rings is 1. The molecule has 1 aromatic carbocycles. The highest BCUT2D eigenvalue weighted by molar-refractivity contribution is 5.74. The van der Waals surface area contributed by atoms with Crippen LogP contribution in [0.2, 0.25) is 0 Å². The fourth-order valence-electron chi connectivity index (χ4n) is 2.05. The Kier molecular flexibility index (Phi) is 5.06. The standard InChI is InChI=1S/C15H22N2O/c1-2-3-4-5-6-9-12-16-15-17-13-10-7-8-11-14(13)18-15/h7-8,10-11H,2-6,9,12H2,1H3,(H,16,17). The van der Waals surface area contributed by atoms with Gasteiger partial charge in [0.2, 0.25) is 0 Å². The van der Waals surface area contributed by atoms with Gasteiger partial charge >= 0.3 is 0 Å². The molecule has 0 aliphatic heterocycles. The highest BCUT2D eigenvalue weighted by Crippen LogP contribution is 2.18. The van der Waals surface area contributed by atoms with Crippen molar-refractivity contribution < 1.29 is 4.42 Å². The molecule has 3 nitrogen and oxygen atoms in total. The highest BCUT2D eigenvalue weighted by Gasteiger charge is 2.02. The number of aromatic nitrogens is 1. The number of anilines is 1. The molecule has 1 heterocycles. The third-order valence-corrected chi connectivity index (χ3v) is 3.10. The molecule has 0 fully saturated rings. The number of fused-ring (bicyclic) bond motifs is 1. The van der Waals surface area contributed by atoms with Crippen molar-refractivity contribution in [2.75, 3.05) is 11.9 Å². The monoisotopic (exact) mass is 246 g/mol. The number of nitrogens with zero attached hydrogens (tertiary/aromatic N) is 1. The Morgan fingerprint density at radius 1 is 1.06 bits per heavy atom. The molecule has 1 N–H and O–H groups in total. The molecule has 0 spiro atoms. The van der Waals surface area contributed by atoms with Gasteiger partial charge in [0, 0.05) is 6.54 Å². The fraction of sp³-hybridized carbons (Fsp3) is 0.533.